The summed E-state index contributed by atoms with van der Waals surface area (Å²) in [5.41, 5.74) is 1.50. The van der Waals surface area contributed by atoms with Crippen LogP contribution in [0, 0.1) is 0 Å². The molecule has 2 amide bonds. The van der Waals surface area contributed by atoms with Crippen LogP contribution in [0.15, 0.2) is 30.3 Å². The summed E-state index contributed by atoms with van der Waals surface area (Å²) in [6.45, 7) is 1.66. The summed E-state index contributed by atoms with van der Waals surface area (Å²) in [5, 5.41) is 14.3. The first kappa shape index (κ1) is 17.9. The molecule has 5 heteroatoms. The van der Waals surface area contributed by atoms with Crippen LogP contribution in [0.3, 0.4) is 0 Å². The summed E-state index contributed by atoms with van der Waals surface area (Å²) in [6, 6.07) is 7.01. The Hall–Kier alpha value is -2.14. The maximum Gasteiger partial charge on any atom is 0.251 e. The molecule has 0 fully saturated rings. The predicted octanol–water partition coefficient (Wildman–Crippen LogP) is 1.73. The lowest BCUT2D eigenvalue weighted by atomic mass is 10.1. The second-order valence-corrected chi connectivity index (χ2v) is 5.15. The Morgan fingerprint density at radius 2 is 2.14 bits per heavy atom. The van der Waals surface area contributed by atoms with Crippen molar-refractivity contribution in [2.24, 2.45) is 0 Å². The van der Waals surface area contributed by atoms with Crippen molar-refractivity contribution < 1.29 is 14.7 Å². The highest BCUT2D eigenvalue weighted by molar-refractivity contribution is 5.94. The van der Waals surface area contributed by atoms with E-state index in [-0.39, 0.29) is 24.5 Å². The maximum absolute atomic E-state index is 12.0. The van der Waals surface area contributed by atoms with E-state index in [1.165, 1.54) is 0 Å². The average Bonchev–Trinajstić information content (AvgIpc) is 2.54. The van der Waals surface area contributed by atoms with Gasteiger partial charge in [-0.1, -0.05) is 24.3 Å². The lowest BCUT2D eigenvalue weighted by molar-refractivity contribution is -0.120. The van der Waals surface area contributed by atoms with Gasteiger partial charge in [-0.15, -0.1) is 0 Å². The normalized spacial score (nSPS) is 12.1. The molecule has 1 unspecified atom stereocenters. The summed E-state index contributed by atoms with van der Waals surface area (Å²) in [4.78, 5) is 23.0. The third kappa shape index (κ3) is 6.54. The molecule has 0 aliphatic heterocycles. The molecule has 0 aromatic heterocycles. The molecule has 3 N–H and O–H groups in total. The van der Waals surface area contributed by atoms with Crippen molar-refractivity contribution in [3.63, 3.8) is 0 Å². The zero-order valence-corrected chi connectivity index (χ0v) is 13.1. The minimum Gasteiger partial charge on any atom is -0.394 e. The van der Waals surface area contributed by atoms with Crippen molar-refractivity contribution in [3.05, 3.63) is 41.5 Å². The predicted molar refractivity (Wildman–Crippen MR) is 87.4 cm³/mol. The highest BCUT2D eigenvalue weighted by Crippen LogP contribution is 2.09. The molecule has 0 aliphatic rings. The highest BCUT2D eigenvalue weighted by Gasteiger charge is 2.08. The molecular weight excluding hydrogens is 280 g/mol. The molecule has 0 aliphatic carbocycles. The van der Waals surface area contributed by atoms with Crippen LogP contribution in [0.1, 0.15) is 42.1 Å². The molecule has 22 heavy (non-hydrogen) atoms. The Morgan fingerprint density at radius 1 is 1.36 bits per heavy atom. The first-order valence-corrected chi connectivity index (χ1v) is 7.45. The van der Waals surface area contributed by atoms with Gasteiger partial charge < -0.3 is 15.7 Å². The van der Waals surface area contributed by atoms with Gasteiger partial charge in [-0.3, -0.25) is 9.59 Å². The van der Waals surface area contributed by atoms with E-state index in [9.17, 15) is 9.59 Å². The zero-order chi connectivity index (χ0) is 16.4. The van der Waals surface area contributed by atoms with Crippen LogP contribution in [-0.2, 0) is 4.79 Å². The average molecular weight is 304 g/mol. The van der Waals surface area contributed by atoms with Crippen LogP contribution in [0.25, 0.3) is 6.08 Å². The first-order valence-electron chi connectivity index (χ1n) is 7.45. The number of benzene rings is 1. The number of aliphatic hydroxyl groups is 1. The fraction of sp³-hybridized carbons (Fsp3) is 0.412. The first-order chi connectivity index (χ1) is 10.6. The third-order valence-electron chi connectivity index (χ3n) is 3.16. The summed E-state index contributed by atoms with van der Waals surface area (Å²) < 4.78 is 0. The van der Waals surface area contributed by atoms with Gasteiger partial charge in [-0.05, 0) is 37.5 Å². The van der Waals surface area contributed by atoms with Crippen molar-refractivity contribution >= 4 is 17.9 Å². The minimum atomic E-state index is -0.267. The van der Waals surface area contributed by atoms with Crippen LogP contribution in [-0.4, -0.2) is 36.6 Å². The summed E-state index contributed by atoms with van der Waals surface area (Å²) in [5.74, 6) is -0.151. The van der Waals surface area contributed by atoms with Gasteiger partial charge >= 0.3 is 0 Å². The van der Waals surface area contributed by atoms with Crippen LogP contribution >= 0.6 is 0 Å². The van der Waals surface area contributed by atoms with Gasteiger partial charge in [0.25, 0.3) is 5.91 Å². The summed E-state index contributed by atoms with van der Waals surface area (Å²) >= 11 is 0. The molecule has 1 rings (SSSR count). The van der Waals surface area contributed by atoms with Gasteiger partial charge in [-0.25, -0.2) is 0 Å². The lowest BCUT2D eigenvalue weighted by Crippen LogP contribution is -2.34. The number of carbonyl (C=O) groups excluding carboxylic acids is 2. The molecule has 5 nitrogen and oxygen atoms in total. The Balaban J connectivity index is 2.53. The molecular formula is C17H24N2O3. The molecule has 0 saturated heterocycles. The van der Waals surface area contributed by atoms with E-state index in [4.69, 9.17) is 5.11 Å². The lowest BCUT2D eigenvalue weighted by Gasteiger charge is -2.10. The van der Waals surface area contributed by atoms with Gasteiger partial charge in [0.05, 0.1) is 6.61 Å². The SMILES string of the molecule is CNC(=O)CCC/C=C/c1cccc(C(=O)NC(C)CO)c1. The van der Waals surface area contributed by atoms with Crippen molar-refractivity contribution in [2.45, 2.75) is 32.2 Å². The van der Waals surface area contributed by atoms with E-state index in [0.717, 1.165) is 18.4 Å². The van der Waals surface area contributed by atoms with Crippen LogP contribution in [0.5, 0.6) is 0 Å². The van der Waals surface area contributed by atoms with Gasteiger partial charge in [0, 0.05) is 25.1 Å². The Labute approximate surface area is 131 Å². The van der Waals surface area contributed by atoms with Crippen molar-refractivity contribution in [1.82, 2.24) is 10.6 Å². The van der Waals surface area contributed by atoms with E-state index < -0.39 is 0 Å². The summed E-state index contributed by atoms with van der Waals surface area (Å²) in [7, 11) is 1.63. The second-order valence-electron chi connectivity index (χ2n) is 5.15. The standard InChI is InChI=1S/C17H24N2O3/c1-13(12-20)19-17(22)15-9-6-8-14(11-15)7-4-3-5-10-16(21)18-2/h4,6-9,11,13,20H,3,5,10,12H2,1-2H3,(H,18,21)(H,19,22)/b7-4+. The smallest absolute Gasteiger partial charge is 0.251 e. The van der Waals surface area contributed by atoms with Crippen LogP contribution < -0.4 is 10.6 Å². The molecule has 1 aromatic rings. The number of amides is 2. The number of hydrogen-bond acceptors (Lipinski definition) is 3. The van der Waals surface area contributed by atoms with E-state index in [1.54, 1.807) is 26.1 Å². The van der Waals surface area contributed by atoms with E-state index in [0.29, 0.717) is 12.0 Å². The largest absolute Gasteiger partial charge is 0.394 e. The molecule has 1 atom stereocenters. The summed E-state index contributed by atoms with van der Waals surface area (Å²) in [6.07, 6.45) is 6.06. The van der Waals surface area contributed by atoms with Gasteiger partial charge in [0.2, 0.25) is 5.91 Å². The number of carbonyl (C=O) groups is 2. The Morgan fingerprint density at radius 3 is 2.82 bits per heavy atom. The Bertz CT molecular complexity index is 526. The van der Waals surface area contributed by atoms with Gasteiger partial charge in [0.1, 0.15) is 0 Å². The number of rotatable bonds is 8. The number of nitrogens with one attached hydrogen (secondary N) is 2. The van der Waals surface area contributed by atoms with E-state index in [1.807, 2.05) is 24.3 Å². The van der Waals surface area contributed by atoms with Gasteiger partial charge in [-0.2, -0.15) is 0 Å². The van der Waals surface area contributed by atoms with Crippen molar-refractivity contribution in [2.75, 3.05) is 13.7 Å². The molecule has 120 valence electrons. The molecule has 0 radical (unpaired) electrons. The molecule has 0 saturated carbocycles. The quantitative estimate of drug-likeness (QED) is 0.640. The molecule has 0 spiro atoms. The van der Waals surface area contributed by atoms with Crippen molar-refractivity contribution in [1.29, 1.82) is 0 Å². The molecule has 1 aromatic carbocycles. The minimum absolute atomic E-state index is 0.0464. The fourth-order valence-electron chi connectivity index (χ4n) is 1.86. The van der Waals surface area contributed by atoms with Crippen LogP contribution in [0.2, 0.25) is 0 Å². The zero-order valence-electron chi connectivity index (χ0n) is 13.1. The molecule has 0 heterocycles. The maximum atomic E-state index is 12.0. The fourth-order valence-corrected chi connectivity index (χ4v) is 1.86. The van der Waals surface area contributed by atoms with E-state index >= 15 is 0 Å². The van der Waals surface area contributed by atoms with Crippen LogP contribution in [0.4, 0.5) is 0 Å². The van der Waals surface area contributed by atoms with Crippen molar-refractivity contribution in [3.8, 4) is 0 Å². The number of aliphatic hydroxyl groups excluding tert-OH is 1. The Kier molecular flexibility index (Phi) is 7.92. The number of hydrogen-bond donors (Lipinski definition) is 3. The number of unbranched alkanes of at least 4 members (excludes halogenated alkanes) is 1. The second kappa shape index (κ2) is 9.73. The van der Waals surface area contributed by atoms with E-state index in [2.05, 4.69) is 10.6 Å². The topological polar surface area (TPSA) is 78.4 Å². The number of allylic oxidation sites excluding steroid dienone is 1. The highest BCUT2D eigenvalue weighted by atomic mass is 16.3. The monoisotopic (exact) mass is 304 g/mol. The molecule has 0 bridgehead atoms. The van der Waals surface area contributed by atoms with Gasteiger partial charge in [0.15, 0.2) is 0 Å². The third-order valence-corrected chi connectivity index (χ3v) is 3.16.